The molecule has 0 amide bonds. The maximum atomic E-state index is 13.3. The number of nitrogens with zero attached hydrogens (tertiary/aromatic N) is 2. The molecule has 0 unspecified atom stereocenters. The first-order valence-corrected chi connectivity index (χ1v) is 9.73. The van der Waals surface area contributed by atoms with Gasteiger partial charge < -0.3 is 14.2 Å². The van der Waals surface area contributed by atoms with Crippen LogP contribution in [0.25, 0.3) is 10.9 Å². The van der Waals surface area contributed by atoms with Crippen LogP contribution < -0.4 is 14.2 Å². The molecular weight excluding hydrogens is 415 g/mol. The van der Waals surface area contributed by atoms with Crippen LogP contribution in [0.1, 0.15) is 22.8 Å². The fourth-order valence-corrected chi connectivity index (χ4v) is 3.24. The summed E-state index contributed by atoms with van der Waals surface area (Å²) in [6.07, 6.45) is 0. The first-order valence-electron chi connectivity index (χ1n) is 9.73. The Kier molecular flexibility index (Phi) is 5.85. The van der Waals surface area contributed by atoms with Gasteiger partial charge in [0, 0.05) is 6.92 Å². The molecule has 0 radical (unpaired) electrons. The Balaban J connectivity index is 1.71. The average Bonchev–Trinajstić information content (AvgIpc) is 3.11. The van der Waals surface area contributed by atoms with Gasteiger partial charge in [0.15, 0.2) is 0 Å². The molecule has 0 saturated heterocycles. The van der Waals surface area contributed by atoms with Crippen molar-refractivity contribution in [3.63, 3.8) is 0 Å². The smallest absolute Gasteiger partial charge is 0.348 e. The minimum atomic E-state index is -0.724. The van der Waals surface area contributed by atoms with E-state index >= 15 is 0 Å². The van der Waals surface area contributed by atoms with Crippen LogP contribution in [0.3, 0.4) is 0 Å². The second-order valence-corrected chi connectivity index (χ2v) is 6.95. The minimum absolute atomic E-state index is 0.0728. The number of carbonyl (C=O) groups excluding carboxylic acids is 2. The molecule has 0 aliphatic heterocycles. The summed E-state index contributed by atoms with van der Waals surface area (Å²) in [5, 5.41) is 5.02. The predicted octanol–water partition coefficient (Wildman–Crippen LogP) is 4.38. The third kappa shape index (κ3) is 4.44. The van der Waals surface area contributed by atoms with Crippen molar-refractivity contribution in [3.8, 4) is 17.4 Å². The Labute approximate surface area is 182 Å². The summed E-state index contributed by atoms with van der Waals surface area (Å²) in [6, 6.07) is 17.6. The molecule has 0 bridgehead atoms. The van der Waals surface area contributed by atoms with Crippen LogP contribution in [0.15, 0.2) is 66.7 Å². The highest BCUT2D eigenvalue weighted by Gasteiger charge is 2.20. The molecule has 0 aliphatic rings. The van der Waals surface area contributed by atoms with Crippen molar-refractivity contribution in [2.45, 2.75) is 13.5 Å². The summed E-state index contributed by atoms with van der Waals surface area (Å²) in [5.74, 6) is -0.871. The first-order chi connectivity index (χ1) is 15.4. The van der Waals surface area contributed by atoms with E-state index in [4.69, 9.17) is 14.2 Å². The lowest BCUT2D eigenvalue weighted by atomic mass is 10.2. The zero-order valence-electron chi connectivity index (χ0n) is 17.4. The van der Waals surface area contributed by atoms with Crippen molar-refractivity contribution in [2.24, 2.45) is 0 Å². The van der Waals surface area contributed by atoms with Gasteiger partial charge in [-0.05, 0) is 48.0 Å². The van der Waals surface area contributed by atoms with Crippen LogP contribution in [0.4, 0.5) is 4.39 Å². The van der Waals surface area contributed by atoms with E-state index in [1.54, 1.807) is 47.1 Å². The number of benzene rings is 3. The van der Waals surface area contributed by atoms with Gasteiger partial charge in [0.05, 0.1) is 24.6 Å². The van der Waals surface area contributed by atoms with Gasteiger partial charge in [-0.25, -0.2) is 9.18 Å². The van der Waals surface area contributed by atoms with Crippen molar-refractivity contribution >= 4 is 22.8 Å². The molecule has 0 saturated carbocycles. The van der Waals surface area contributed by atoms with Crippen LogP contribution >= 0.6 is 0 Å². The predicted molar refractivity (Wildman–Crippen MR) is 114 cm³/mol. The van der Waals surface area contributed by atoms with Crippen LogP contribution in [0, 0.1) is 5.82 Å². The van der Waals surface area contributed by atoms with E-state index in [2.05, 4.69) is 5.10 Å². The lowest BCUT2D eigenvalue weighted by Gasteiger charge is -2.07. The van der Waals surface area contributed by atoms with Crippen LogP contribution in [-0.2, 0) is 11.3 Å². The average molecular weight is 434 g/mol. The summed E-state index contributed by atoms with van der Waals surface area (Å²) >= 11 is 0. The Bertz CT molecular complexity index is 1300. The van der Waals surface area contributed by atoms with Crippen molar-refractivity contribution in [2.75, 3.05) is 7.11 Å². The fourth-order valence-electron chi connectivity index (χ4n) is 3.24. The zero-order valence-corrected chi connectivity index (χ0v) is 17.4. The Morgan fingerprint density at radius 1 is 1.00 bits per heavy atom. The van der Waals surface area contributed by atoms with E-state index in [0.29, 0.717) is 23.2 Å². The minimum Gasteiger partial charge on any atom is -0.497 e. The van der Waals surface area contributed by atoms with E-state index in [-0.39, 0.29) is 23.0 Å². The molecule has 0 N–H and O–H groups in total. The van der Waals surface area contributed by atoms with Gasteiger partial charge in [0.1, 0.15) is 22.9 Å². The van der Waals surface area contributed by atoms with Gasteiger partial charge in [-0.3, -0.25) is 9.48 Å². The molecule has 4 rings (SSSR count). The number of hydrogen-bond acceptors (Lipinski definition) is 6. The summed E-state index contributed by atoms with van der Waals surface area (Å²) < 4.78 is 30.9. The van der Waals surface area contributed by atoms with Crippen LogP contribution in [0.5, 0.6) is 17.4 Å². The van der Waals surface area contributed by atoms with Gasteiger partial charge in [-0.1, -0.05) is 24.3 Å². The number of halogens is 1. The number of esters is 2. The molecule has 0 aliphatic carbocycles. The molecule has 1 aromatic heterocycles. The SMILES string of the molecule is COc1ccc2c(c1)c(OC(=O)c1ccccc1OC(C)=O)nn2Cc1ccc(F)cc1. The summed E-state index contributed by atoms with van der Waals surface area (Å²) in [6.45, 7) is 1.59. The Morgan fingerprint density at radius 3 is 2.47 bits per heavy atom. The van der Waals surface area contributed by atoms with E-state index in [1.807, 2.05) is 0 Å². The topological polar surface area (TPSA) is 79.7 Å². The lowest BCUT2D eigenvalue weighted by molar-refractivity contribution is -0.131. The first kappa shape index (κ1) is 21.0. The van der Waals surface area contributed by atoms with Gasteiger partial charge >= 0.3 is 11.9 Å². The standard InChI is InChI=1S/C24H19FN2O5/c1-15(28)31-22-6-4-3-5-19(22)24(29)32-23-20-13-18(30-2)11-12-21(20)27(26-23)14-16-7-9-17(25)10-8-16/h3-13H,14H2,1-2H3. The monoisotopic (exact) mass is 434 g/mol. The lowest BCUT2D eigenvalue weighted by Crippen LogP contribution is -2.13. The number of para-hydroxylation sites is 1. The zero-order chi connectivity index (χ0) is 22.7. The molecule has 0 fully saturated rings. The second kappa shape index (κ2) is 8.89. The van der Waals surface area contributed by atoms with E-state index in [9.17, 15) is 14.0 Å². The molecular formula is C24H19FN2O5. The van der Waals surface area contributed by atoms with Crippen molar-refractivity contribution in [1.82, 2.24) is 9.78 Å². The summed E-state index contributed by atoms with van der Waals surface area (Å²) in [7, 11) is 1.53. The molecule has 0 atom stereocenters. The van der Waals surface area contributed by atoms with Gasteiger partial charge in [0.2, 0.25) is 5.88 Å². The molecule has 162 valence electrons. The largest absolute Gasteiger partial charge is 0.497 e. The van der Waals surface area contributed by atoms with Crippen LogP contribution in [-0.4, -0.2) is 28.8 Å². The Morgan fingerprint density at radius 2 is 1.75 bits per heavy atom. The normalized spacial score (nSPS) is 10.7. The fraction of sp³-hybridized carbons (Fsp3) is 0.125. The molecule has 7 nitrogen and oxygen atoms in total. The summed E-state index contributed by atoms with van der Waals surface area (Å²) in [5.41, 5.74) is 1.61. The number of rotatable bonds is 6. The highest BCUT2D eigenvalue weighted by atomic mass is 19.1. The van der Waals surface area contributed by atoms with E-state index in [1.165, 1.54) is 38.3 Å². The summed E-state index contributed by atoms with van der Waals surface area (Å²) in [4.78, 5) is 24.2. The number of carbonyl (C=O) groups is 2. The second-order valence-electron chi connectivity index (χ2n) is 6.95. The Hall–Kier alpha value is -4.20. The molecule has 3 aromatic carbocycles. The third-order valence-electron chi connectivity index (χ3n) is 4.72. The molecule has 1 heterocycles. The molecule has 8 heteroatoms. The van der Waals surface area contributed by atoms with Gasteiger partial charge in [-0.15, -0.1) is 5.10 Å². The number of aromatic nitrogens is 2. The van der Waals surface area contributed by atoms with Crippen molar-refractivity contribution in [1.29, 1.82) is 0 Å². The maximum absolute atomic E-state index is 13.3. The number of hydrogen-bond donors (Lipinski definition) is 0. The van der Waals surface area contributed by atoms with E-state index in [0.717, 1.165) is 5.56 Å². The quantitative estimate of drug-likeness (QED) is 0.331. The number of fused-ring (bicyclic) bond motifs is 1. The number of ether oxygens (including phenoxy) is 3. The third-order valence-corrected chi connectivity index (χ3v) is 4.72. The van der Waals surface area contributed by atoms with Crippen LogP contribution in [0.2, 0.25) is 0 Å². The van der Waals surface area contributed by atoms with Crippen molar-refractivity contribution < 1.29 is 28.2 Å². The maximum Gasteiger partial charge on any atom is 0.348 e. The molecule has 0 spiro atoms. The number of methoxy groups -OCH3 is 1. The highest BCUT2D eigenvalue weighted by molar-refractivity contribution is 5.97. The highest BCUT2D eigenvalue weighted by Crippen LogP contribution is 2.31. The van der Waals surface area contributed by atoms with Gasteiger partial charge in [0.25, 0.3) is 0 Å². The van der Waals surface area contributed by atoms with Crippen molar-refractivity contribution in [3.05, 3.63) is 83.7 Å². The van der Waals surface area contributed by atoms with E-state index < -0.39 is 11.9 Å². The van der Waals surface area contributed by atoms with Gasteiger partial charge in [-0.2, -0.15) is 0 Å². The molecule has 32 heavy (non-hydrogen) atoms. The molecule has 4 aromatic rings.